The van der Waals surface area contributed by atoms with Gasteiger partial charge in [-0.25, -0.2) is 0 Å². The first-order valence-electron chi connectivity index (χ1n) is 7.23. The first-order chi connectivity index (χ1) is 9.70. The van der Waals surface area contributed by atoms with E-state index in [2.05, 4.69) is 46.7 Å². The van der Waals surface area contributed by atoms with Gasteiger partial charge in [-0.2, -0.15) is 0 Å². The Labute approximate surface area is 149 Å². The maximum Gasteiger partial charge on any atom is 0.193 e. The zero-order valence-electron chi connectivity index (χ0n) is 13.0. The summed E-state index contributed by atoms with van der Waals surface area (Å²) in [5.41, 5.74) is 0. The van der Waals surface area contributed by atoms with E-state index in [4.69, 9.17) is 4.74 Å². The largest absolute Gasteiger partial charge is 0.381 e. The van der Waals surface area contributed by atoms with Crippen molar-refractivity contribution in [2.24, 2.45) is 10.9 Å². The van der Waals surface area contributed by atoms with Crippen molar-refractivity contribution in [2.75, 3.05) is 40.4 Å². The number of guanidine groups is 1. The molecule has 0 radical (unpaired) electrons. The molecule has 1 saturated heterocycles. The zero-order valence-corrected chi connectivity index (χ0v) is 16.2. The van der Waals surface area contributed by atoms with Crippen LogP contribution < -0.4 is 5.32 Å². The minimum atomic E-state index is 0. The van der Waals surface area contributed by atoms with E-state index in [-0.39, 0.29) is 24.0 Å². The van der Waals surface area contributed by atoms with Gasteiger partial charge in [-0.15, -0.1) is 35.3 Å². The highest BCUT2D eigenvalue weighted by molar-refractivity contribution is 14.0. The van der Waals surface area contributed by atoms with Gasteiger partial charge in [-0.1, -0.05) is 13.0 Å². The number of nitrogens with zero attached hydrogens (tertiary/aromatic N) is 2. The fraction of sp³-hybridized carbons (Fsp3) is 0.667. The molecule has 2 unspecified atom stereocenters. The van der Waals surface area contributed by atoms with E-state index in [1.54, 1.807) is 0 Å². The van der Waals surface area contributed by atoms with Crippen molar-refractivity contribution in [3.05, 3.63) is 22.4 Å². The van der Waals surface area contributed by atoms with Crippen LogP contribution in [0.15, 0.2) is 22.5 Å². The van der Waals surface area contributed by atoms with Crippen molar-refractivity contribution in [3.63, 3.8) is 0 Å². The van der Waals surface area contributed by atoms with Crippen molar-refractivity contribution < 1.29 is 4.74 Å². The van der Waals surface area contributed by atoms with Crippen LogP contribution in [-0.2, 0) is 4.74 Å². The Balaban J connectivity index is 0.00000220. The third kappa shape index (κ3) is 5.75. The van der Waals surface area contributed by atoms with Crippen LogP contribution in [0.1, 0.15) is 24.1 Å². The molecule has 1 aliphatic heterocycles. The van der Waals surface area contributed by atoms with E-state index >= 15 is 0 Å². The molecular formula is C15H26IN3OS. The van der Waals surface area contributed by atoms with Crippen LogP contribution in [0.3, 0.4) is 0 Å². The van der Waals surface area contributed by atoms with Crippen LogP contribution in [0.25, 0.3) is 0 Å². The van der Waals surface area contributed by atoms with Crippen molar-refractivity contribution in [1.29, 1.82) is 0 Å². The molecule has 1 aromatic heterocycles. The van der Waals surface area contributed by atoms with Gasteiger partial charge in [0.2, 0.25) is 0 Å². The van der Waals surface area contributed by atoms with Crippen LogP contribution in [0, 0.1) is 5.92 Å². The summed E-state index contributed by atoms with van der Waals surface area (Å²) in [5.74, 6) is 2.11. The summed E-state index contributed by atoms with van der Waals surface area (Å²) < 4.78 is 5.43. The van der Waals surface area contributed by atoms with E-state index in [1.807, 2.05) is 18.4 Å². The summed E-state index contributed by atoms with van der Waals surface area (Å²) in [4.78, 5) is 8.00. The van der Waals surface area contributed by atoms with E-state index < -0.39 is 0 Å². The summed E-state index contributed by atoms with van der Waals surface area (Å²) in [6.07, 6.45) is 1.16. The molecule has 1 fully saturated rings. The van der Waals surface area contributed by atoms with Crippen molar-refractivity contribution in [3.8, 4) is 0 Å². The van der Waals surface area contributed by atoms with Gasteiger partial charge < -0.3 is 15.0 Å². The van der Waals surface area contributed by atoms with Crippen molar-refractivity contribution in [2.45, 2.75) is 19.3 Å². The van der Waals surface area contributed by atoms with Crippen molar-refractivity contribution in [1.82, 2.24) is 10.2 Å². The molecule has 0 spiro atoms. The van der Waals surface area contributed by atoms with Crippen LogP contribution in [0.2, 0.25) is 0 Å². The SMILES string of the molecule is CN=C(NCC(C)c1cccs1)N(C)CC1CCOC1.I. The van der Waals surface area contributed by atoms with Crippen LogP contribution in [0.4, 0.5) is 0 Å². The Kier molecular flexibility index (Phi) is 8.58. The highest BCUT2D eigenvalue weighted by Crippen LogP contribution is 2.19. The fourth-order valence-electron chi connectivity index (χ4n) is 2.50. The van der Waals surface area contributed by atoms with Crippen molar-refractivity contribution >= 4 is 41.3 Å². The number of aliphatic imine (C=N–C) groups is 1. The van der Waals surface area contributed by atoms with Gasteiger partial charge >= 0.3 is 0 Å². The number of nitrogens with one attached hydrogen (secondary N) is 1. The molecule has 21 heavy (non-hydrogen) atoms. The Morgan fingerprint density at radius 2 is 2.43 bits per heavy atom. The second-order valence-corrected chi connectivity index (χ2v) is 6.43. The average Bonchev–Trinajstić information content (AvgIpc) is 3.12. The Bertz CT molecular complexity index is 419. The maximum atomic E-state index is 5.43. The van der Waals surface area contributed by atoms with E-state index in [9.17, 15) is 0 Å². The van der Waals surface area contributed by atoms with Gasteiger partial charge in [0.1, 0.15) is 0 Å². The quantitative estimate of drug-likeness (QED) is 0.450. The smallest absolute Gasteiger partial charge is 0.193 e. The molecule has 4 nitrogen and oxygen atoms in total. The lowest BCUT2D eigenvalue weighted by atomic mass is 10.1. The summed E-state index contributed by atoms with van der Waals surface area (Å²) in [6, 6.07) is 4.30. The second kappa shape index (κ2) is 9.63. The highest BCUT2D eigenvalue weighted by Gasteiger charge is 2.19. The van der Waals surface area contributed by atoms with E-state index in [1.165, 1.54) is 4.88 Å². The molecule has 2 heterocycles. The first-order valence-corrected chi connectivity index (χ1v) is 8.11. The van der Waals surface area contributed by atoms with Crippen LogP contribution >= 0.6 is 35.3 Å². The third-order valence-corrected chi connectivity index (χ3v) is 4.83. The predicted molar refractivity (Wildman–Crippen MR) is 101 cm³/mol. The summed E-state index contributed by atoms with van der Waals surface area (Å²) in [5, 5.41) is 5.60. The topological polar surface area (TPSA) is 36.9 Å². The Morgan fingerprint density at radius 1 is 1.62 bits per heavy atom. The summed E-state index contributed by atoms with van der Waals surface area (Å²) >= 11 is 1.81. The number of hydrogen-bond donors (Lipinski definition) is 1. The molecule has 0 amide bonds. The summed E-state index contributed by atoms with van der Waals surface area (Å²) in [6.45, 7) is 5.95. The molecule has 2 rings (SSSR count). The monoisotopic (exact) mass is 423 g/mol. The lowest BCUT2D eigenvalue weighted by Crippen LogP contribution is -2.42. The minimum absolute atomic E-state index is 0. The molecule has 1 aromatic rings. The third-order valence-electron chi connectivity index (χ3n) is 3.72. The molecule has 120 valence electrons. The minimum Gasteiger partial charge on any atom is -0.381 e. The van der Waals surface area contributed by atoms with Gasteiger partial charge in [-0.3, -0.25) is 4.99 Å². The van der Waals surface area contributed by atoms with Gasteiger partial charge in [0.25, 0.3) is 0 Å². The molecule has 6 heteroatoms. The maximum absolute atomic E-state index is 5.43. The molecular weight excluding hydrogens is 397 g/mol. The number of ether oxygens (including phenoxy) is 1. The standard InChI is InChI=1S/C15H25N3OS.HI/c1-12(14-5-4-8-20-14)9-17-15(16-2)18(3)10-13-6-7-19-11-13;/h4-5,8,12-13H,6-7,9-11H2,1-3H3,(H,16,17);1H. The lowest BCUT2D eigenvalue weighted by Gasteiger charge is -2.25. The first kappa shape index (κ1) is 18.7. The van der Waals surface area contributed by atoms with Gasteiger partial charge in [0.05, 0.1) is 6.61 Å². The Hall–Kier alpha value is -0.340. The number of thiophene rings is 1. The zero-order chi connectivity index (χ0) is 14.4. The number of hydrogen-bond acceptors (Lipinski definition) is 3. The van der Waals surface area contributed by atoms with E-state index in [0.29, 0.717) is 11.8 Å². The molecule has 1 N–H and O–H groups in total. The molecule has 1 aliphatic rings. The highest BCUT2D eigenvalue weighted by atomic mass is 127. The van der Waals surface area contributed by atoms with Crippen LogP contribution in [0.5, 0.6) is 0 Å². The second-order valence-electron chi connectivity index (χ2n) is 5.45. The number of rotatable bonds is 5. The molecule has 0 aromatic carbocycles. The fourth-order valence-corrected chi connectivity index (χ4v) is 3.29. The van der Waals surface area contributed by atoms with E-state index in [0.717, 1.165) is 38.7 Å². The summed E-state index contributed by atoms with van der Waals surface area (Å²) in [7, 11) is 3.95. The molecule has 0 bridgehead atoms. The molecule has 0 saturated carbocycles. The average molecular weight is 423 g/mol. The number of halogens is 1. The normalized spacial score (nSPS) is 20.0. The molecule has 2 atom stereocenters. The predicted octanol–water partition coefficient (Wildman–Crippen LogP) is 3.01. The van der Waals surface area contributed by atoms with Gasteiger partial charge in [0.15, 0.2) is 5.96 Å². The molecule has 0 aliphatic carbocycles. The Morgan fingerprint density at radius 3 is 3.00 bits per heavy atom. The van der Waals surface area contributed by atoms with Gasteiger partial charge in [-0.05, 0) is 17.9 Å². The van der Waals surface area contributed by atoms with Crippen LogP contribution in [-0.4, -0.2) is 51.3 Å². The lowest BCUT2D eigenvalue weighted by molar-refractivity contribution is 0.181. The van der Waals surface area contributed by atoms with Gasteiger partial charge in [0, 0.05) is 50.5 Å².